The summed E-state index contributed by atoms with van der Waals surface area (Å²) in [4.78, 5) is 2.16. The molecule has 0 atom stereocenters. The number of hydrogen-bond donors (Lipinski definition) is 1. The summed E-state index contributed by atoms with van der Waals surface area (Å²) in [5, 5.41) is 9.30. The van der Waals surface area contributed by atoms with Gasteiger partial charge >= 0.3 is 0 Å². The summed E-state index contributed by atoms with van der Waals surface area (Å²) in [6.45, 7) is 2.24. The molecule has 0 aliphatic heterocycles. The fourth-order valence-electron chi connectivity index (χ4n) is 2.19. The van der Waals surface area contributed by atoms with Crippen molar-refractivity contribution in [1.82, 2.24) is 4.90 Å². The van der Waals surface area contributed by atoms with Crippen LogP contribution in [0.1, 0.15) is 24.8 Å². The van der Waals surface area contributed by atoms with Crippen LogP contribution in [-0.2, 0) is 6.42 Å². The molecule has 1 aromatic rings. The second kappa shape index (κ2) is 6.02. The third-order valence-corrected chi connectivity index (χ3v) is 3.50. The summed E-state index contributed by atoms with van der Waals surface area (Å²) in [6.07, 6.45) is 5.11. The van der Waals surface area contributed by atoms with Crippen LogP contribution in [0, 0.1) is 5.92 Å². The predicted octanol–water partition coefficient (Wildman–Crippen LogP) is 2.28. The molecule has 0 bridgehead atoms. The number of benzene rings is 1. The number of rotatable bonds is 6. The smallest absolute Gasteiger partial charge is 0.0956 e. The largest absolute Gasteiger partial charge is 0.381 e. The van der Waals surface area contributed by atoms with Crippen LogP contribution in [0.5, 0.6) is 0 Å². The molecule has 0 aromatic heterocycles. The highest BCUT2D eigenvalue weighted by Gasteiger charge is 2.19. The van der Waals surface area contributed by atoms with Gasteiger partial charge in [-0.2, -0.15) is 0 Å². The van der Waals surface area contributed by atoms with E-state index < -0.39 is 0 Å². The first-order valence-corrected chi connectivity index (χ1v) is 6.25. The zero-order valence-electron chi connectivity index (χ0n) is 9.81. The van der Waals surface area contributed by atoms with E-state index in [4.69, 9.17) is 0 Å². The van der Waals surface area contributed by atoms with E-state index in [1.54, 1.807) is 0 Å². The lowest BCUT2D eigenvalue weighted by Crippen LogP contribution is -2.34. The minimum atomic E-state index is 0.198. The van der Waals surface area contributed by atoms with Crippen LogP contribution in [0.25, 0.3) is 0 Å². The Morgan fingerprint density at radius 2 is 1.94 bits per heavy atom. The predicted molar refractivity (Wildman–Crippen MR) is 66.1 cm³/mol. The average Bonchev–Trinajstić information content (AvgIpc) is 2.28. The summed E-state index contributed by atoms with van der Waals surface area (Å²) in [6, 6.07) is 10.5. The van der Waals surface area contributed by atoms with Gasteiger partial charge < -0.3 is 5.11 Å². The van der Waals surface area contributed by atoms with Gasteiger partial charge in [0.2, 0.25) is 0 Å². The SMILES string of the molecule is OCN(CCc1ccccc1)CC1CCC1. The monoisotopic (exact) mass is 219 g/mol. The lowest BCUT2D eigenvalue weighted by molar-refractivity contribution is 0.0764. The zero-order valence-corrected chi connectivity index (χ0v) is 9.81. The Morgan fingerprint density at radius 3 is 2.50 bits per heavy atom. The molecule has 2 heteroatoms. The standard InChI is InChI=1S/C14H21NO/c16-12-15(11-14-7-4-8-14)10-9-13-5-2-1-3-6-13/h1-3,5-6,14,16H,4,7-12H2. The number of nitrogens with zero attached hydrogens (tertiary/aromatic N) is 1. The number of aliphatic hydroxyl groups excluding tert-OH is 1. The molecule has 1 aromatic carbocycles. The molecule has 1 fully saturated rings. The van der Waals surface area contributed by atoms with Crippen molar-refractivity contribution in [3.05, 3.63) is 35.9 Å². The molecule has 0 radical (unpaired) electrons. The molecule has 0 saturated heterocycles. The van der Waals surface area contributed by atoms with E-state index in [1.807, 2.05) is 6.07 Å². The zero-order chi connectivity index (χ0) is 11.2. The number of aliphatic hydroxyl groups is 1. The van der Waals surface area contributed by atoms with Crippen molar-refractivity contribution in [1.29, 1.82) is 0 Å². The van der Waals surface area contributed by atoms with E-state index in [2.05, 4.69) is 29.2 Å². The summed E-state index contributed by atoms with van der Waals surface area (Å²) in [5.41, 5.74) is 1.36. The lowest BCUT2D eigenvalue weighted by atomic mass is 9.85. The Bertz CT molecular complexity index is 295. The molecule has 88 valence electrons. The van der Waals surface area contributed by atoms with Gasteiger partial charge in [-0.1, -0.05) is 36.8 Å². The highest BCUT2D eigenvalue weighted by Crippen LogP contribution is 2.26. The van der Waals surface area contributed by atoms with E-state index in [9.17, 15) is 5.11 Å². The fourth-order valence-corrected chi connectivity index (χ4v) is 2.19. The highest BCUT2D eigenvalue weighted by atomic mass is 16.3. The van der Waals surface area contributed by atoms with Gasteiger partial charge in [-0.3, -0.25) is 4.90 Å². The summed E-state index contributed by atoms with van der Waals surface area (Å²) >= 11 is 0. The van der Waals surface area contributed by atoms with Crippen LogP contribution in [0.3, 0.4) is 0 Å². The van der Waals surface area contributed by atoms with E-state index in [1.165, 1.54) is 24.8 Å². The van der Waals surface area contributed by atoms with Gasteiger partial charge in [-0.05, 0) is 30.7 Å². The summed E-state index contributed by atoms with van der Waals surface area (Å²) < 4.78 is 0. The van der Waals surface area contributed by atoms with Gasteiger partial charge in [-0.15, -0.1) is 0 Å². The maximum Gasteiger partial charge on any atom is 0.0956 e. The second-order valence-corrected chi connectivity index (χ2v) is 4.75. The van der Waals surface area contributed by atoms with Crippen LogP contribution >= 0.6 is 0 Å². The average molecular weight is 219 g/mol. The van der Waals surface area contributed by atoms with Crippen LogP contribution in [0.15, 0.2) is 30.3 Å². The third kappa shape index (κ3) is 3.32. The Kier molecular flexibility index (Phi) is 4.37. The van der Waals surface area contributed by atoms with Crippen LogP contribution in [0.2, 0.25) is 0 Å². The van der Waals surface area contributed by atoms with E-state index in [0.29, 0.717) is 0 Å². The molecular formula is C14H21NO. The lowest BCUT2D eigenvalue weighted by Gasteiger charge is -2.31. The maximum absolute atomic E-state index is 9.30. The van der Waals surface area contributed by atoms with Crippen molar-refractivity contribution in [2.45, 2.75) is 25.7 Å². The first kappa shape index (κ1) is 11.6. The molecule has 0 unspecified atom stereocenters. The maximum atomic E-state index is 9.30. The van der Waals surface area contributed by atoms with Gasteiger partial charge in [0.1, 0.15) is 0 Å². The summed E-state index contributed by atoms with van der Waals surface area (Å²) in [5.74, 6) is 0.836. The Labute approximate surface area is 97.9 Å². The van der Waals surface area contributed by atoms with Crippen LogP contribution in [-0.4, -0.2) is 29.8 Å². The number of hydrogen-bond acceptors (Lipinski definition) is 2. The molecule has 1 N–H and O–H groups in total. The molecule has 0 heterocycles. The van der Waals surface area contributed by atoms with Crippen molar-refractivity contribution in [3.63, 3.8) is 0 Å². The van der Waals surface area contributed by atoms with Gasteiger partial charge in [0, 0.05) is 13.1 Å². The molecule has 16 heavy (non-hydrogen) atoms. The van der Waals surface area contributed by atoms with Crippen molar-refractivity contribution >= 4 is 0 Å². The molecular weight excluding hydrogens is 198 g/mol. The molecule has 0 spiro atoms. The van der Waals surface area contributed by atoms with E-state index in [0.717, 1.165) is 25.4 Å². The molecule has 2 rings (SSSR count). The van der Waals surface area contributed by atoms with Gasteiger partial charge in [0.15, 0.2) is 0 Å². The first-order chi connectivity index (χ1) is 7.88. The molecule has 1 saturated carbocycles. The third-order valence-electron chi connectivity index (χ3n) is 3.50. The van der Waals surface area contributed by atoms with E-state index in [-0.39, 0.29) is 6.73 Å². The molecule has 2 nitrogen and oxygen atoms in total. The highest BCUT2D eigenvalue weighted by molar-refractivity contribution is 5.14. The van der Waals surface area contributed by atoms with Gasteiger partial charge in [-0.25, -0.2) is 0 Å². The van der Waals surface area contributed by atoms with Crippen molar-refractivity contribution in [2.24, 2.45) is 5.92 Å². The van der Waals surface area contributed by atoms with Crippen LogP contribution < -0.4 is 0 Å². The second-order valence-electron chi connectivity index (χ2n) is 4.75. The Hall–Kier alpha value is -0.860. The van der Waals surface area contributed by atoms with Crippen molar-refractivity contribution in [2.75, 3.05) is 19.8 Å². The Balaban J connectivity index is 1.73. The van der Waals surface area contributed by atoms with Crippen molar-refractivity contribution < 1.29 is 5.11 Å². The fraction of sp³-hybridized carbons (Fsp3) is 0.571. The van der Waals surface area contributed by atoms with Gasteiger partial charge in [0.25, 0.3) is 0 Å². The van der Waals surface area contributed by atoms with Crippen molar-refractivity contribution in [3.8, 4) is 0 Å². The minimum absolute atomic E-state index is 0.198. The minimum Gasteiger partial charge on any atom is -0.381 e. The summed E-state index contributed by atoms with van der Waals surface area (Å²) in [7, 11) is 0. The molecule has 1 aliphatic rings. The molecule has 1 aliphatic carbocycles. The topological polar surface area (TPSA) is 23.5 Å². The normalized spacial score (nSPS) is 16.4. The first-order valence-electron chi connectivity index (χ1n) is 6.25. The van der Waals surface area contributed by atoms with Crippen LogP contribution in [0.4, 0.5) is 0 Å². The van der Waals surface area contributed by atoms with E-state index >= 15 is 0 Å². The molecule has 0 amide bonds. The Morgan fingerprint density at radius 1 is 1.19 bits per heavy atom. The quantitative estimate of drug-likeness (QED) is 0.742. The van der Waals surface area contributed by atoms with Gasteiger partial charge in [0.05, 0.1) is 6.73 Å².